The monoisotopic (exact) mass is 951 g/mol. The van der Waals surface area contributed by atoms with Gasteiger partial charge in [0.25, 0.3) is 0 Å². The Balaban J connectivity index is 0.962. The third-order valence-electron chi connectivity index (χ3n) is 9.51. The standard InChI is InChI=1S/C45H34BrN11O5S2/c1-63(58,59)56-35-17-30(22-48-24-35)29-6-12-42-40(20-29)45(53-34-4-2-3-32(46)21-34)55-43(54-42)26-64(60,61)57-36-18-31(23-49-25-36)28-5-11-41-39(19-28)44(51-27-50-41)52-33-7-9-37(10-8-33)62-38-13-15-47-16-14-38/h2-25,27,56-57H,26H2,1H3,(H,50,51,52)(H,53,54,55). The van der Waals surface area contributed by atoms with Crippen LogP contribution in [0.15, 0.2) is 157 Å². The lowest BCUT2D eigenvalue weighted by molar-refractivity contribution is 0.482. The van der Waals surface area contributed by atoms with Crippen LogP contribution in [-0.2, 0) is 25.8 Å². The van der Waals surface area contributed by atoms with E-state index in [1.54, 1.807) is 61.2 Å². The molecule has 64 heavy (non-hydrogen) atoms. The molecule has 5 heterocycles. The third kappa shape index (κ3) is 10.2. The van der Waals surface area contributed by atoms with Crippen molar-refractivity contribution in [3.8, 4) is 33.8 Å². The van der Waals surface area contributed by atoms with Crippen LogP contribution in [0.5, 0.6) is 11.5 Å². The van der Waals surface area contributed by atoms with Crippen LogP contribution in [0, 0.1) is 0 Å². The molecule has 4 N–H and O–H groups in total. The summed E-state index contributed by atoms with van der Waals surface area (Å²) in [5, 5.41) is 8.02. The molecule has 0 fully saturated rings. The molecule has 16 nitrogen and oxygen atoms in total. The van der Waals surface area contributed by atoms with Gasteiger partial charge in [0.05, 0.1) is 41.1 Å². The normalized spacial score (nSPS) is 11.6. The average Bonchev–Trinajstić information content (AvgIpc) is 3.26. The molecular formula is C45H34BrN11O5S2. The summed E-state index contributed by atoms with van der Waals surface area (Å²) in [6.45, 7) is 0. The molecule has 0 aliphatic rings. The molecule has 0 bridgehead atoms. The highest BCUT2D eigenvalue weighted by molar-refractivity contribution is 9.10. The number of fused-ring (bicyclic) bond motifs is 2. The fourth-order valence-corrected chi connectivity index (χ4v) is 8.70. The Bertz CT molecular complexity index is 3420. The maximum absolute atomic E-state index is 13.8. The highest BCUT2D eigenvalue weighted by Crippen LogP contribution is 2.33. The number of ether oxygens (including phenoxy) is 1. The van der Waals surface area contributed by atoms with Gasteiger partial charge in [-0.25, -0.2) is 36.8 Å². The Labute approximate surface area is 375 Å². The largest absolute Gasteiger partial charge is 0.457 e. The number of sulfonamides is 2. The first-order valence-electron chi connectivity index (χ1n) is 19.3. The van der Waals surface area contributed by atoms with Gasteiger partial charge in [0.2, 0.25) is 20.0 Å². The minimum absolute atomic E-state index is 0.0425. The molecular weight excluding hydrogens is 919 g/mol. The molecule has 0 aliphatic heterocycles. The third-order valence-corrected chi connectivity index (χ3v) is 11.8. The van der Waals surface area contributed by atoms with Gasteiger partial charge in [0.1, 0.15) is 41.0 Å². The molecule has 5 aromatic heterocycles. The zero-order valence-electron chi connectivity index (χ0n) is 33.5. The minimum atomic E-state index is -4.08. The van der Waals surface area contributed by atoms with E-state index in [2.05, 4.69) is 65.9 Å². The van der Waals surface area contributed by atoms with Crippen molar-refractivity contribution in [2.45, 2.75) is 5.75 Å². The average molecular weight is 953 g/mol. The van der Waals surface area contributed by atoms with Crippen LogP contribution < -0.4 is 24.8 Å². The number of pyridine rings is 3. The molecule has 0 unspecified atom stereocenters. The lowest BCUT2D eigenvalue weighted by Crippen LogP contribution is -2.17. The zero-order chi connectivity index (χ0) is 44.3. The van der Waals surface area contributed by atoms with Crippen molar-refractivity contribution in [2.24, 2.45) is 0 Å². The van der Waals surface area contributed by atoms with Gasteiger partial charge >= 0.3 is 0 Å². The molecule has 0 amide bonds. The van der Waals surface area contributed by atoms with E-state index in [0.717, 1.165) is 27.4 Å². The van der Waals surface area contributed by atoms with E-state index < -0.39 is 25.8 Å². The molecule has 4 aromatic carbocycles. The van der Waals surface area contributed by atoms with Gasteiger partial charge in [-0.2, -0.15) is 0 Å². The van der Waals surface area contributed by atoms with Gasteiger partial charge in [-0.05, 0) is 102 Å². The van der Waals surface area contributed by atoms with Crippen molar-refractivity contribution in [2.75, 3.05) is 26.3 Å². The lowest BCUT2D eigenvalue weighted by atomic mass is 10.0. The van der Waals surface area contributed by atoms with E-state index in [1.165, 1.54) is 18.7 Å². The predicted octanol–water partition coefficient (Wildman–Crippen LogP) is 9.45. The summed E-state index contributed by atoms with van der Waals surface area (Å²) in [6.07, 6.45) is 12.0. The number of hydrogen-bond donors (Lipinski definition) is 4. The smallest absolute Gasteiger partial charge is 0.240 e. The van der Waals surface area contributed by atoms with E-state index in [-0.39, 0.29) is 11.5 Å². The number of hydrogen-bond acceptors (Lipinski definition) is 14. The second kappa shape index (κ2) is 17.6. The van der Waals surface area contributed by atoms with Gasteiger partial charge in [-0.1, -0.05) is 34.1 Å². The van der Waals surface area contributed by atoms with E-state index >= 15 is 0 Å². The number of rotatable bonds is 14. The van der Waals surface area contributed by atoms with Crippen molar-refractivity contribution in [1.29, 1.82) is 0 Å². The summed E-state index contributed by atoms with van der Waals surface area (Å²) >= 11 is 3.50. The number of anilines is 6. The Morgan fingerprint density at radius 1 is 0.562 bits per heavy atom. The molecule has 318 valence electrons. The van der Waals surface area contributed by atoms with E-state index in [9.17, 15) is 16.8 Å². The maximum Gasteiger partial charge on any atom is 0.240 e. The Morgan fingerprint density at radius 3 is 1.89 bits per heavy atom. The first-order valence-corrected chi connectivity index (χ1v) is 23.6. The van der Waals surface area contributed by atoms with Crippen molar-refractivity contribution in [1.82, 2.24) is 34.9 Å². The molecule has 19 heteroatoms. The minimum Gasteiger partial charge on any atom is -0.457 e. The zero-order valence-corrected chi connectivity index (χ0v) is 36.7. The first-order chi connectivity index (χ1) is 30.9. The highest BCUT2D eigenvalue weighted by atomic mass is 79.9. The van der Waals surface area contributed by atoms with Crippen LogP contribution in [0.1, 0.15) is 5.82 Å². The quantitative estimate of drug-likeness (QED) is 0.0799. The van der Waals surface area contributed by atoms with Crippen LogP contribution in [-0.4, -0.2) is 58.0 Å². The van der Waals surface area contributed by atoms with Crippen molar-refractivity contribution < 1.29 is 21.6 Å². The van der Waals surface area contributed by atoms with E-state index in [0.29, 0.717) is 67.6 Å². The fraction of sp³-hybridized carbons (Fsp3) is 0.0444. The van der Waals surface area contributed by atoms with Crippen LogP contribution >= 0.6 is 15.9 Å². The van der Waals surface area contributed by atoms with Crippen molar-refractivity contribution in [3.05, 3.63) is 163 Å². The summed E-state index contributed by atoms with van der Waals surface area (Å²) in [5.41, 5.74) is 5.97. The van der Waals surface area contributed by atoms with Crippen LogP contribution in [0.3, 0.4) is 0 Å². The summed E-state index contributed by atoms with van der Waals surface area (Å²) in [5.74, 6) is 1.77. The topological polar surface area (TPSA) is 216 Å². The predicted molar refractivity (Wildman–Crippen MR) is 252 cm³/mol. The Morgan fingerprint density at radius 2 is 1.20 bits per heavy atom. The van der Waals surface area contributed by atoms with Gasteiger partial charge in [0.15, 0.2) is 0 Å². The van der Waals surface area contributed by atoms with Crippen molar-refractivity contribution >= 4 is 92.2 Å². The molecule has 9 rings (SSSR count). The molecule has 0 spiro atoms. The highest BCUT2D eigenvalue weighted by Gasteiger charge is 2.19. The fourth-order valence-electron chi connectivity index (χ4n) is 6.75. The molecule has 9 aromatic rings. The number of aromatic nitrogens is 7. The number of nitrogens with one attached hydrogen (secondary N) is 4. The second-order valence-corrected chi connectivity index (χ2v) is 18.8. The van der Waals surface area contributed by atoms with Gasteiger partial charge < -0.3 is 15.4 Å². The number of nitrogens with zero attached hydrogens (tertiary/aromatic N) is 7. The maximum atomic E-state index is 13.8. The van der Waals surface area contributed by atoms with Gasteiger partial charge in [-0.3, -0.25) is 24.4 Å². The summed E-state index contributed by atoms with van der Waals surface area (Å²) in [7, 11) is -7.60. The Hall–Kier alpha value is -7.61. The molecule has 0 saturated heterocycles. The lowest BCUT2D eigenvalue weighted by Gasteiger charge is -2.14. The Kier molecular flexibility index (Phi) is 11.5. The van der Waals surface area contributed by atoms with E-state index in [4.69, 9.17) is 9.72 Å². The number of benzene rings is 4. The molecule has 0 aliphatic carbocycles. The second-order valence-electron chi connectivity index (χ2n) is 14.4. The summed E-state index contributed by atoms with van der Waals surface area (Å²) < 4.78 is 63.2. The van der Waals surface area contributed by atoms with E-state index in [1.807, 2.05) is 72.8 Å². The molecule has 0 saturated carbocycles. The molecule has 0 atom stereocenters. The first kappa shape index (κ1) is 41.7. The van der Waals surface area contributed by atoms with Crippen molar-refractivity contribution in [3.63, 3.8) is 0 Å². The van der Waals surface area contributed by atoms with Gasteiger partial charge in [-0.15, -0.1) is 0 Å². The van der Waals surface area contributed by atoms with Crippen LogP contribution in [0.2, 0.25) is 0 Å². The SMILES string of the molecule is CS(=O)(=O)Nc1cncc(-c2ccc3nc(CS(=O)(=O)Nc4cncc(-c5ccc6ncnc(Nc7ccc(Oc8ccncc8)cc7)c6c5)c4)nc(Nc4cccc(Br)c4)c3c2)c1. The summed E-state index contributed by atoms with van der Waals surface area (Å²) in [4.78, 5) is 30.9. The van der Waals surface area contributed by atoms with Gasteiger partial charge in [0, 0.05) is 62.5 Å². The molecule has 0 radical (unpaired) electrons. The number of halogens is 1. The van der Waals surface area contributed by atoms with Crippen LogP contribution in [0.4, 0.5) is 34.4 Å². The summed E-state index contributed by atoms with van der Waals surface area (Å²) in [6, 6.07) is 32.9. The van der Waals surface area contributed by atoms with Crippen LogP contribution in [0.25, 0.3) is 44.1 Å².